The number of carbonyl (C=O) groups is 1. The van der Waals surface area contributed by atoms with Gasteiger partial charge in [0.2, 0.25) is 5.91 Å². The zero-order chi connectivity index (χ0) is 23.2. The van der Waals surface area contributed by atoms with Gasteiger partial charge in [-0.15, -0.1) is 11.3 Å². The van der Waals surface area contributed by atoms with Crippen molar-refractivity contribution in [2.45, 2.75) is 32.1 Å². The Hall–Kier alpha value is -3.78. The number of nitrogens with zero attached hydrogens (tertiary/aromatic N) is 3. The lowest BCUT2D eigenvalue weighted by Crippen LogP contribution is -2.24. The molecule has 34 heavy (non-hydrogen) atoms. The molecule has 0 radical (unpaired) electrons. The van der Waals surface area contributed by atoms with Gasteiger partial charge in [-0.1, -0.05) is 30.3 Å². The summed E-state index contributed by atoms with van der Waals surface area (Å²) in [7, 11) is 1.61. The predicted octanol–water partition coefficient (Wildman–Crippen LogP) is 4.60. The molecule has 1 aliphatic rings. The Kier molecular flexibility index (Phi) is 5.03. The summed E-state index contributed by atoms with van der Waals surface area (Å²) in [5.41, 5.74) is 4.59. The topological polar surface area (TPSA) is 92.7 Å². The molecule has 0 saturated carbocycles. The quantitative estimate of drug-likeness (QED) is 0.402. The van der Waals surface area contributed by atoms with Crippen molar-refractivity contribution in [2.24, 2.45) is 7.05 Å². The first-order valence-electron chi connectivity index (χ1n) is 11.4. The van der Waals surface area contributed by atoms with Crippen molar-refractivity contribution in [3.63, 3.8) is 0 Å². The maximum atomic E-state index is 13.2. The van der Waals surface area contributed by atoms with E-state index in [-0.39, 0.29) is 17.9 Å². The van der Waals surface area contributed by atoms with Crippen LogP contribution in [0.1, 0.15) is 29.0 Å². The van der Waals surface area contributed by atoms with E-state index in [1.165, 1.54) is 15.1 Å². The fraction of sp³-hybridized carbons (Fsp3) is 0.231. The van der Waals surface area contributed by atoms with E-state index in [0.29, 0.717) is 16.5 Å². The fourth-order valence-corrected chi connectivity index (χ4v) is 6.11. The van der Waals surface area contributed by atoms with Gasteiger partial charge in [-0.2, -0.15) is 5.10 Å². The molecule has 3 heterocycles. The Balaban J connectivity index is 1.38. The molecule has 0 aliphatic heterocycles. The van der Waals surface area contributed by atoms with E-state index in [2.05, 4.69) is 15.4 Å². The maximum absolute atomic E-state index is 13.2. The van der Waals surface area contributed by atoms with Crippen LogP contribution in [0.4, 0.5) is 5.00 Å². The molecule has 0 bridgehead atoms. The highest BCUT2D eigenvalue weighted by Crippen LogP contribution is 2.43. The Morgan fingerprint density at radius 1 is 1.09 bits per heavy atom. The summed E-state index contributed by atoms with van der Waals surface area (Å²) < 4.78 is 1.30. The molecular weight excluding hydrogens is 446 g/mol. The molecule has 0 saturated heterocycles. The monoisotopic (exact) mass is 469 g/mol. The lowest BCUT2D eigenvalue weighted by atomic mass is 9.95. The van der Waals surface area contributed by atoms with Gasteiger partial charge in [0, 0.05) is 17.3 Å². The van der Waals surface area contributed by atoms with E-state index < -0.39 is 0 Å². The Labute approximate surface area is 199 Å². The van der Waals surface area contributed by atoms with Crippen molar-refractivity contribution in [1.82, 2.24) is 19.7 Å². The van der Waals surface area contributed by atoms with Crippen LogP contribution in [0.5, 0.6) is 0 Å². The van der Waals surface area contributed by atoms with Gasteiger partial charge in [-0.25, -0.2) is 9.67 Å². The van der Waals surface area contributed by atoms with Crippen molar-refractivity contribution in [3.05, 3.63) is 75.0 Å². The maximum Gasteiger partial charge on any atom is 0.274 e. The Bertz CT molecular complexity index is 1590. The summed E-state index contributed by atoms with van der Waals surface area (Å²) >= 11 is 1.65. The third kappa shape index (κ3) is 3.51. The lowest BCUT2D eigenvalue weighted by Gasteiger charge is -2.12. The van der Waals surface area contributed by atoms with Crippen LogP contribution in [0.25, 0.3) is 33.2 Å². The number of H-pyrrole nitrogens is 1. The summed E-state index contributed by atoms with van der Waals surface area (Å²) in [4.78, 5) is 35.3. The molecule has 2 aromatic carbocycles. The molecule has 1 amide bonds. The van der Waals surface area contributed by atoms with E-state index in [0.717, 1.165) is 53.1 Å². The van der Waals surface area contributed by atoms with E-state index in [4.69, 9.17) is 4.98 Å². The van der Waals surface area contributed by atoms with Gasteiger partial charge in [0.05, 0.1) is 34.1 Å². The molecule has 170 valence electrons. The van der Waals surface area contributed by atoms with Crippen LogP contribution >= 0.6 is 11.3 Å². The molecule has 0 unspecified atom stereocenters. The van der Waals surface area contributed by atoms with Gasteiger partial charge in [0.15, 0.2) is 0 Å². The number of anilines is 1. The van der Waals surface area contributed by atoms with Crippen LogP contribution in [0.15, 0.2) is 53.3 Å². The number of aromatic amines is 1. The Morgan fingerprint density at radius 2 is 1.85 bits per heavy atom. The number of rotatable bonds is 4. The summed E-state index contributed by atoms with van der Waals surface area (Å²) in [5.74, 6) is 0.633. The van der Waals surface area contributed by atoms with Crippen molar-refractivity contribution in [3.8, 4) is 11.4 Å². The molecule has 2 N–H and O–H groups in total. The number of hydrogen-bond acceptors (Lipinski definition) is 5. The normalized spacial score (nSPS) is 13.3. The number of amides is 1. The number of benzene rings is 2. The first-order valence-corrected chi connectivity index (χ1v) is 12.2. The predicted molar refractivity (Wildman–Crippen MR) is 135 cm³/mol. The van der Waals surface area contributed by atoms with Crippen LogP contribution < -0.4 is 10.9 Å². The number of imidazole rings is 1. The van der Waals surface area contributed by atoms with E-state index in [1.807, 2.05) is 42.5 Å². The number of nitrogens with one attached hydrogen (secondary N) is 2. The second-order valence-corrected chi connectivity index (χ2v) is 9.77. The minimum Gasteiger partial charge on any atom is -0.338 e. The largest absolute Gasteiger partial charge is 0.338 e. The first kappa shape index (κ1) is 20.8. The number of aryl methyl sites for hydroxylation is 2. The van der Waals surface area contributed by atoms with Gasteiger partial charge in [0.1, 0.15) is 10.8 Å². The number of carbonyl (C=O) groups excluding carboxylic acids is 1. The highest BCUT2D eigenvalue weighted by atomic mass is 32.1. The Morgan fingerprint density at radius 3 is 2.71 bits per heavy atom. The summed E-state index contributed by atoms with van der Waals surface area (Å²) in [6, 6.07) is 15.3. The first-order chi connectivity index (χ1) is 16.6. The molecule has 0 atom stereocenters. The summed E-state index contributed by atoms with van der Waals surface area (Å²) in [5, 5.41) is 9.64. The van der Waals surface area contributed by atoms with Gasteiger partial charge >= 0.3 is 0 Å². The standard InChI is InChI=1S/C26H23N5O2S/c1-31-26(33)16-9-3-2-8-15(16)20(30-31)14-22(32)29-25-23(17-10-4-7-13-21(17)34-25)24-27-18-11-5-6-12-19(18)28-24/h2-3,5-6,8-9,11-12H,4,7,10,13-14H2,1H3,(H,27,28)(H,29,32). The van der Waals surface area contributed by atoms with Crippen molar-refractivity contribution in [1.29, 1.82) is 0 Å². The third-order valence-corrected chi connectivity index (χ3v) is 7.62. The summed E-state index contributed by atoms with van der Waals surface area (Å²) in [6.07, 6.45) is 4.39. The zero-order valence-corrected chi connectivity index (χ0v) is 19.5. The van der Waals surface area contributed by atoms with Crippen molar-refractivity contribution < 1.29 is 4.79 Å². The molecule has 8 heteroatoms. The van der Waals surface area contributed by atoms with Crippen molar-refractivity contribution in [2.75, 3.05) is 5.32 Å². The van der Waals surface area contributed by atoms with Gasteiger partial charge in [-0.05, 0) is 49.4 Å². The van der Waals surface area contributed by atoms with Gasteiger partial charge < -0.3 is 10.3 Å². The van der Waals surface area contributed by atoms with Crippen LogP contribution in [0.2, 0.25) is 0 Å². The molecule has 1 aliphatic carbocycles. The van der Waals surface area contributed by atoms with Crippen LogP contribution in [-0.2, 0) is 31.1 Å². The summed E-state index contributed by atoms with van der Waals surface area (Å²) in [6.45, 7) is 0. The van der Waals surface area contributed by atoms with Crippen LogP contribution in [0, 0.1) is 0 Å². The molecule has 7 nitrogen and oxygen atoms in total. The average molecular weight is 470 g/mol. The number of aromatic nitrogens is 4. The minimum absolute atomic E-state index is 0.0801. The SMILES string of the molecule is Cn1nc(CC(=O)Nc2sc3c(c2-c2nc4ccccc4[nH]2)CCCC3)c2ccccc2c1=O. The van der Waals surface area contributed by atoms with Gasteiger partial charge in [0.25, 0.3) is 5.56 Å². The molecule has 6 rings (SSSR count). The molecule has 0 spiro atoms. The molecule has 0 fully saturated rings. The minimum atomic E-state index is -0.169. The molecule has 5 aromatic rings. The van der Waals surface area contributed by atoms with Crippen LogP contribution in [-0.4, -0.2) is 25.7 Å². The second kappa shape index (κ2) is 8.22. The lowest BCUT2D eigenvalue weighted by molar-refractivity contribution is -0.115. The smallest absolute Gasteiger partial charge is 0.274 e. The highest BCUT2D eigenvalue weighted by molar-refractivity contribution is 7.17. The number of hydrogen-bond donors (Lipinski definition) is 2. The third-order valence-electron chi connectivity index (χ3n) is 6.41. The number of thiophene rings is 1. The average Bonchev–Trinajstić information content (AvgIpc) is 3.42. The fourth-order valence-electron chi connectivity index (χ4n) is 4.81. The van der Waals surface area contributed by atoms with E-state index >= 15 is 0 Å². The number of fused-ring (bicyclic) bond motifs is 3. The molecular formula is C26H23N5O2S. The van der Waals surface area contributed by atoms with Crippen LogP contribution in [0.3, 0.4) is 0 Å². The number of para-hydroxylation sites is 2. The van der Waals surface area contributed by atoms with Crippen molar-refractivity contribution >= 4 is 44.1 Å². The van der Waals surface area contributed by atoms with E-state index in [9.17, 15) is 9.59 Å². The second-order valence-electron chi connectivity index (χ2n) is 8.66. The van der Waals surface area contributed by atoms with Gasteiger partial charge in [-0.3, -0.25) is 9.59 Å². The van der Waals surface area contributed by atoms with E-state index in [1.54, 1.807) is 24.5 Å². The highest BCUT2D eigenvalue weighted by Gasteiger charge is 2.25. The molecule has 3 aromatic heterocycles. The zero-order valence-electron chi connectivity index (χ0n) is 18.7.